The van der Waals surface area contributed by atoms with Crippen LogP contribution in [0.25, 0.3) is 11.7 Å². The van der Waals surface area contributed by atoms with E-state index in [1.807, 2.05) is 28.8 Å². The van der Waals surface area contributed by atoms with E-state index >= 15 is 0 Å². The van der Waals surface area contributed by atoms with Crippen molar-refractivity contribution in [3.63, 3.8) is 0 Å². The average Bonchev–Trinajstić information content (AvgIpc) is 2.70. The highest BCUT2D eigenvalue weighted by atomic mass is 35.5. The SMILES string of the molecule is CC(C)CN(C)C(=O)/C=C/c1c(Cl)nc2ccccn12. The predicted molar refractivity (Wildman–Crippen MR) is 81.7 cm³/mol. The second-order valence-corrected chi connectivity index (χ2v) is 5.52. The third-order valence-corrected chi connectivity index (χ3v) is 3.20. The highest BCUT2D eigenvalue weighted by molar-refractivity contribution is 6.31. The molecule has 0 saturated heterocycles. The van der Waals surface area contributed by atoms with E-state index in [1.165, 1.54) is 6.08 Å². The number of fused-ring (bicyclic) bond motifs is 1. The standard InChI is InChI=1S/C15H18ClN3O/c1-11(2)10-18(3)14(20)8-7-12-15(16)17-13-6-4-5-9-19(12)13/h4-9,11H,10H2,1-3H3/b8-7+. The molecule has 0 aromatic carbocycles. The Morgan fingerprint density at radius 2 is 2.25 bits per heavy atom. The fraction of sp³-hybridized carbons (Fsp3) is 0.333. The zero-order valence-corrected chi connectivity index (χ0v) is 12.6. The van der Waals surface area contributed by atoms with Crippen molar-refractivity contribution in [2.24, 2.45) is 5.92 Å². The van der Waals surface area contributed by atoms with Crippen molar-refractivity contribution in [2.75, 3.05) is 13.6 Å². The van der Waals surface area contributed by atoms with Crippen molar-refractivity contribution >= 4 is 29.2 Å². The number of amides is 1. The summed E-state index contributed by atoms with van der Waals surface area (Å²) in [5.74, 6) is 0.400. The monoisotopic (exact) mass is 291 g/mol. The molecule has 0 unspecified atom stereocenters. The number of carbonyl (C=O) groups excluding carboxylic acids is 1. The van der Waals surface area contributed by atoms with Gasteiger partial charge in [0.05, 0.1) is 5.69 Å². The summed E-state index contributed by atoms with van der Waals surface area (Å²) < 4.78 is 1.86. The molecule has 0 radical (unpaired) electrons. The molecule has 0 fully saturated rings. The summed E-state index contributed by atoms with van der Waals surface area (Å²) in [6, 6.07) is 5.67. The van der Waals surface area contributed by atoms with Gasteiger partial charge in [0.2, 0.25) is 5.91 Å². The average molecular weight is 292 g/mol. The first-order chi connectivity index (χ1) is 9.49. The molecule has 0 saturated carbocycles. The van der Waals surface area contributed by atoms with Crippen molar-refractivity contribution in [3.05, 3.63) is 41.3 Å². The molecular weight excluding hydrogens is 274 g/mol. The number of imidazole rings is 1. The third-order valence-electron chi connectivity index (χ3n) is 2.92. The smallest absolute Gasteiger partial charge is 0.246 e. The molecule has 5 heteroatoms. The Morgan fingerprint density at radius 3 is 2.95 bits per heavy atom. The number of aromatic nitrogens is 2. The molecule has 2 aromatic rings. The Labute approximate surface area is 123 Å². The van der Waals surface area contributed by atoms with Crippen LogP contribution >= 0.6 is 11.6 Å². The highest BCUT2D eigenvalue weighted by Gasteiger charge is 2.09. The molecule has 0 aliphatic rings. The zero-order valence-electron chi connectivity index (χ0n) is 11.9. The van der Waals surface area contributed by atoms with Crippen molar-refractivity contribution < 1.29 is 4.79 Å². The fourth-order valence-electron chi connectivity index (χ4n) is 2.05. The number of carbonyl (C=O) groups is 1. The van der Waals surface area contributed by atoms with Crippen LogP contribution in [0.15, 0.2) is 30.5 Å². The molecule has 0 spiro atoms. The van der Waals surface area contributed by atoms with Crippen LogP contribution < -0.4 is 0 Å². The lowest BCUT2D eigenvalue weighted by molar-refractivity contribution is -0.125. The molecule has 4 nitrogen and oxygen atoms in total. The van der Waals surface area contributed by atoms with E-state index in [9.17, 15) is 4.79 Å². The maximum atomic E-state index is 12.0. The Hall–Kier alpha value is -1.81. The van der Waals surface area contributed by atoms with Gasteiger partial charge in [-0.15, -0.1) is 0 Å². The third kappa shape index (κ3) is 3.20. The van der Waals surface area contributed by atoms with Crippen molar-refractivity contribution in [2.45, 2.75) is 13.8 Å². The minimum atomic E-state index is -0.0411. The van der Waals surface area contributed by atoms with Crippen LogP contribution in [0.5, 0.6) is 0 Å². The second-order valence-electron chi connectivity index (χ2n) is 5.16. The largest absolute Gasteiger partial charge is 0.342 e. The van der Waals surface area contributed by atoms with E-state index in [4.69, 9.17) is 11.6 Å². The van der Waals surface area contributed by atoms with Gasteiger partial charge >= 0.3 is 0 Å². The maximum absolute atomic E-state index is 12.0. The number of likely N-dealkylation sites (N-methyl/N-ethyl adjacent to an activating group) is 1. The first-order valence-electron chi connectivity index (χ1n) is 6.55. The van der Waals surface area contributed by atoms with Crippen LogP contribution in [0.1, 0.15) is 19.5 Å². The van der Waals surface area contributed by atoms with Crippen LogP contribution in [0.2, 0.25) is 5.15 Å². The van der Waals surface area contributed by atoms with E-state index < -0.39 is 0 Å². The highest BCUT2D eigenvalue weighted by Crippen LogP contribution is 2.18. The van der Waals surface area contributed by atoms with Crippen LogP contribution in [0.3, 0.4) is 0 Å². The maximum Gasteiger partial charge on any atom is 0.246 e. The number of hydrogen-bond acceptors (Lipinski definition) is 2. The van der Waals surface area contributed by atoms with Gasteiger partial charge in [-0.05, 0) is 24.1 Å². The molecule has 0 aliphatic carbocycles. The summed E-state index contributed by atoms with van der Waals surface area (Å²) >= 11 is 6.11. The van der Waals surface area contributed by atoms with Gasteiger partial charge < -0.3 is 4.90 Å². The van der Waals surface area contributed by atoms with Gasteiger partial charge in [0, 0.05) is 25.9 Å². The topological polar surface area (TPSA) is 37.6 Å². The van der Waals surface area contributed by atoms with E-state index in [2.05, 4.69) is 18.8 Å². The molecule has 2 rings (SSSR count). The lowest BCUT2D eigenvalue weighted by Crippen LogP contribution is -2.28. The normalized spacial score (nSPS) is 11.7. The van der Waals surface area contributed by atoms with Gasteiger partial charge in [0.25, 0.3) is 0 Å². The Morgan fingerprint density at radius 1 is 1.50 bits per heavy atom. The molecule has 0 aliphatic heterocycles. The van der Waals surface area contributed by atoms with Crippen molar-refractivity contribution in [3.8, 4) is 0 Å². The molecule has 1 amide bonds. The first kappa shape index (κ1) is 14.6. The molecular formula is C15H18ClN3O. The van der Waals surface area contributed by atoms with E-state index in [0.29, 0.717) is 16.8 Å². The summed E-state index contributed by atoms with van der Waals surface area (Å²) in [6.07, 6.45) is 5.11. The molecule has 0 N–H and O–H groups in total. The van der Waals surface area contributed by atoms with Crippen LogP contribution in [-0.2, 0) is 4.79 Å². The minimum absolute atomic E-state index is 0.0411. The van der Waals surface area contributed by atoms with E-state index in [-0.39, 0.29) is 5.91 Å². The Kier molecular flexibility index (Phi) is 4.45. The van der Waals surface area contributed by atoms with E-state index in [1.54, 1.807) is 18.0 Å². The molecule has 0 bridgehead atoms. The van der Waals surface area contributed by atoms with Crippen LogP contribution in [0.4, 0.5) is 0 Å². The number of rotatable bonds is 4. The molecule has 2 heterocycles. The van der Waals surface area contributed by atoms with Gasteiger partial charge in [-0.1, -0.05) is 31.5 Å². The molecule has 106 valence electrons. The summed E-state index contributed by atoms with van der Waals surface area (Å²) in [5, 5.41) is 0.395. The molecule has 20 heavy (non-hydrogen) atoms. The van der Waals surface area contributed by atoms with Gasteiger partial charge in [-0.25, -0.2) is 4.98 Å². The number of nitrogens with zero attached hydrogens (tertiary/aromatic N) is 3. The summed E-state index contributed by atoms with van der Waals surface area (Å²) in [6.45, 7) is 4.88. The van der Waals surface area contributed by atoms with Gasteiger partial charge in [0.1, 0.15) is 5.65 Å². The molecule has 2 aromatic heterocycles. The number of pyridine rings is 1. The summed E-state index contributed by atoms with van der Waals surface area (Å²) in [7, 11) is 1.79. The second kappa shape index (κ2) is 6.09. The summed E-state index contributed by atoms with van der Waals surface area (Å²) in [4.78, 5) is 17.9. The lowest BCUT2D eigenvalue weighted by atomic mass is 10.2. The summed E-state index contributed by atoms with van der Waals surface area (Å²) in [5.41, 5.74) is 1.48. The van der Waals surface area contributed by atoms with Crippen molar-refractivity contribution in [1.82, 2.24) is 14.3 Å². The number of halogens is 1. The van der Waals surface area contributed by atoms with Crippen molar-refractivity contribution in [1.29, 1.82) is 0 Å². The quantitative estimate of drug-likeness (QED) is 0.812. The van der Waals surface area contributed by atoms with Crippen LogP contribution in [-0.4, -0.2) is 33.8 Å². The minimum Gasteiger partial charge on any atom is -0.342 e. The predicted octanol–water partition coefficient (Wildman–Crippen LogP) is 3.12. The molecule has 0 atom stereocenters. The van der Waals surface area contributed by atoms with Crippen LogP contribution in [0, 0.1) is 5.92 Å². The fourth-order valence-corrected chi connectivity index (χ4v) is 2.29. The van der Waals surface area contributed by atoms with Gasteiger partial charge in [0.15, 0.2) is 5.15 Å². The van der Waals surface area contributed by atoms with Gasteiger partial charge in [-0.2, -0.15) is 0 Å². The van der Waals surface area contributed by atoms with E-state index in [0.717, 1.165) is 12.2 Å². The van der Waals surface area contributed by atoms with Gasteiger partial charge in [-0.3, -0.25) is 9.20 Å². The zero-order chi connectivity index (χ0) is 14.7. The lowest BCUT2D eigenvalue weighted by Gasteiger charge is -2.17. The Bertz CT molecular complexity index is 646. The first-order valence-corrected chi connectivity index (χ1v) is 6.92. The number of hydrogen-bond donors (Lipinski definition) is 0. The Balaban J connectivity index is 2.21.